The van der Waals surface area contributed by atoms with Crippen LogP contribution in [0.3, 0.4) is 0 Å². The van der Waals surface area contributed by atoms with Gasteiger partial charge in [-0.2, -0.15) is 0 Å². The largest absolute Gasteiger partial charge is 0.491 e. The van der Waals surface area contributed by atoms with Gasteiger partial charge in [-0.1, -0.05) is 32.0 Å². The Balaban J connectivity index is 2.58. The minimum atomic E-state index is -0.435. The van der Waals surface area contributed by atoms with Crippen molar-refractivity contribution in [1.29, 1.82) is 0 Å². The van der Waals surface area contributed by atoms with Crippen LogP contribution in [0.4, 0.5) is 0 Å². The molecule has 1 unspecified atom stereocenters. The molecule has 0 aromatic heterocycles. The molecule has 1 amide bonds. The first-order valence-corrected chi connectivity index (χ1v) is 6.42. The Hall–Kier alpha value is -1.55. The Morgan fingerprint density at radius 3 is 2.72 bits per heavy atom. The summed E-state index contributed by atoms with van der Waals surface area (Å²) in [6.07, 6.45) is 1.86. The molecule has 100 valence electrons. The summed E-state index contributed by atoms with van der Waals surface area (Å²) in [6, 6.07) is 7.40. The molecule has 3 N–H and O–H groups in total. The van der Waals surface area contributed by atoms with E-state index >= 15 is 0 Å². The molecule has 0 aliphatic heterocycles. The number of primary amides is 1. The van der Waals surface area contributed by atoms with Crippen LogP contribution in [0.2, 0.25) is 0 Å². The zero-order valence-corrected chi connectivity index (χ0v) is 11.1. The molecule has 0 aliphatic carbocycles. The number of carbonyl (C=O) groups is 1. The summed E-state index contributed by atoms with van der Waals surface area (Å²) in [6.45, 7) is 5.14. The van der Waals surface area contributed by atoms with Gasteiger partial charge in [-0.15, -0.1) is 0 Å². The summed E-state index contributed by atoms with van der Waals surface area (Å²) in [5.41, 5.74) is 6.47. The molecule has 0 fully saturated rings. The molecule has 0 spiro atoms. The molecule has 1 atom stereocenters. The molecule has 1 aromatic rings. The lowest BCUT2D eigenvalue weighted by molar-refractivity contribution is -0.120. The normalized spacial score (nSPS) is 12.1. The van der Waals surface area contributed by atoms with Gasteiger partial charge in [-0.05, 0) is 31.0 Å². The molecule has 4 nitrogen and oxygen atoms in total. The zero-order valence-electron chi connectivity index (χ0n) is 11.1. The number of nitrogens with two attached hydrogens (primary N) is 1. The average molecular weight is 250 g/mol. The van der Waals surface area contributed by atoms with E-state index in [1.54, 1.807) is 0 Å². The van der Waals surface area contributed by atoms with Gasteiger partial charge in [0.15, 0.2) is 0 Å². The third-order valence-electron chi connectivity index (χ3n) is 2.74. The van der Waals surface area contributed by atoms with Crippen molar-refractivity contribution in [2.24, 2.45) is 5.73 Å². The lowest BCUT2D eigenvalue weighted by Crippen LogP contribution is -2.45. The fourth-order valence-electron chi connectivity index (χ4n) is 1.67. The highest BCUT2D eigenvalue weighted by Gasteiger charge is 2.15. The minimum Gasteiger partial charge on any atom is -0.491 e. The van der Waals surface area contributed by atoms with Crippen molar-refractivity contribution in [2.45, 2.75) is 32.7 Å². The maximum atomic E-state index is 11.3. The van der Waals surface area contributed by atoms with Crippen LogP contribution in [-0.2, 0) is 11.2 Å². The number of carbonyl (C=O) groups excluding carboxylic acids is 1. The monoisotopic (exact) mass is 250 g/mol. The second kappa shape index (κ2) is 7.71. The Bertz CT molecular complexity index is 380. The molecule has 0 heterocycles. The lowest BCUT2D eigenvalue weighted by atomic mass is 10.1. The van der Waals surface area contributed by atoms with E-state index in [2.05, 4.69) is 12.2 Å². The van der Waals surface area contributed by atoms with Crippen molar-refractivity contribution in [3.63, 3.8) is 0 Å². The topological polar surface area (TPSA) is 64.3 Å². The van der Waals surface area contributed by atoms with E-state index in [1.807, 2.05) is 31.2 Å². The highest BCUT2D eigenvalue weighted by molar-refractivity contribution is 5.80. The fraction of sp³-hybridized carbons (Fsp3) is 0.500. The third kappa shape index (κ3) is 4.37. The molecular weight excluding hydrogens is 228 g/mol. The molecule has 18 heavy (non-hydrogen) atoms. The Morgan fingerprint density at radius 2 is 2.11 bits per heavy atom. The van der Waals surface area contributed by atoms with Crippen molar-refractivity contribution in [3.05, 3.63) is 29.8 Å². The maximum absolute atomic E-state index is 11.3. The molecule has 1 rings (SSSR count). The van der Waals surface area contributed by atoms with Crippen LogP contribution in [0.5, 0.6) is 5.75 Å². The van der Waals surface area contributed by atoms with Crippen LogP contribution in [0.25, 0.3) is 0 Å². The molecular formula is C14H22N2O2. The summed E-state index contributed by atoms with van der Waals surface area (Å²) >= 11 is 0. The van der Waals surface area contributed by atoms with E-state index in [0.29, 0.717) is 0 Å². The van der Waals surface area contributed by atoms with Crippen LogP contribution >= 0.6 is 0 Å². The number of amides is 1. The Morgan fingerprint density at radius 1 is 1.39 bits per heavy atom. The molecule has 0 radical (unpaired) electrons. The molecule has 1 aromatic carbocycles. The Kier molecular flexibility index (Phi) is 6.22. The van der Waals surface area contributed by atoms with Gasteiger partial charge in [0.05, 0.1) is 0 Å². The van der Waals surface area contributed by atoms with Gasteiger partial charge in [0.25, 0.3) is 0 Å². The number of nitrogens with one attached hydrogen (secondary N) is 1. The second-order valence-electron chi connectivity index (χ2n) is 4.18. The first-order valence-electron chi connectivity index (χ1n) is 6.42. The number of aryl methyl sites for hydroxylation is 1. The van der Waals surface area contributed by atoms with Gasteiger partial charge in [-0.3, -0.25) is 4.79 Å². The highest BCUT2D eigenvalue weighted by Crippen LogP contribution is 2.18. The molecule has 0 saturated heterocycles. The second-order valence-corrected chi connectivity index (χ2v) is 4.18. The minimum absolute atomic E-state index is 0.270. The highest BCUT2D eigenvalue weighted by atomic mass is 16.5. The number of ether oxygens (including phenoxy) is 1. The predicted molar refractivity (Wildman–Crippen MR) is 72.6 cm³/mol. The van der Waals surface area contributed by atoms with E-state index < -0.39 is 6.04 Å². The quantitative estimate of drug-likeness (QED) is 0.734. The third-order valence-corrected chi connectivity index (χ3v) is 2.74. The predicted octanol–water partition coefficient (Wildman–Crippen LogP) is 1.48. The van der Waals surface area contributed by atoms with Crippen molar-refractivity contribution in [2.75, 3.05) is 13.2 Å². The van der Waals surface area contributed by atoms with Crippen LogP contribution in [0, 0.1) is 0 Å². The summed E-state index contributed by atoms with van der Waals surface area (Å²) in [7, 11) is 0. The summed E-state index contributed by atoms with van der Waals surface area (Å²) in [5, 5.41) is 3.08. The van der Waals surface area contributed by atoms with Crippen molar-refractivity contribution < 1.29 is 9.53 Å². The Labute approximate surface area is 109 Å². The molecule has 0 saturated carbocycles. The van der Waals surface area contributed by atoms with Gasteiger partial charge < -0.3 is 15.8 Å². The van der Waals surface area contributed by atoms with Gasteiger partial charge in [0.1, 0.15) is 18.4 Å². The molecule has 0 aliphatic rings. The van der Waals surface area contributed by atoms with Crippen molar-refractivity contribution >= 4 is 5.91 Å². The van der Waals surface area contributed by atoms with Crippen molar-refractivity contribution in [1.82, 2.24) is 5.32 Å². The number of hydrogen-bond donors (Lipinski definition) is 2. The summed E-state index contributed by atoms with van der Waals surface area (Å²) < 4.78 is 5.69. The number of benzene rings is 1. The van der Waals surface area contributed by atoms with Crippen molar-refractivity contribution in [3.8, 4) is 5.75 Å². The van der Waals surface area contributed by atoms with E-state index in [9.17, 15) is 4.79 Å². The van der Waals surface area contributed by atoms with Gasteiger partial charge in [0, 0.05) is 0 Å². The lowest BCUT2D eigenvalue weighted by Gasteiger charge is -2.17. The standard InChI is InChI=1S/C14H22N2O2/c1-3-9-16-12(14(15)17)10-18-13-8-6-5-7-11(13)4-2/h5-8,12,16H,3-4,9-10H2,1-2H3,(H2,15,17). The van der Waals surface area contributed by atoms with E-state index in [1.165, 1.54) is 0 Å². The van der Waals surface area contributed by atoms with Crippen LogP contribution in [-0.4, -0.2) is 25.1 Å². The van der Waals surface area contributed by atoms with E-state index in [0.717, 1.165) is 30.7 Å². The zero-order chi connectivity index (χ0) is 13.4. The average Bonchev–Trinajstić information content (AvgIpc) is 2.38. The SMILES string of the molecule is CCCNC(COc1ccccc1CC)C(N)=O. The van der Waals surface area contributed by atoms with Gasteiger partial charge in [-0.25, -0.2) is 0 Å². The molecule has 4 heteroatoms. The van der Waals surface area contributed by atoms with Gasteiger partial charge in [0.2, 0.25) is 5.91 Å². The smallest absolute Gasteiger partial charge is 0.238 e. The van der Waals surface area contributed by atoms with Gasteiger partial charge >= 0.3 is 0 Å². The van der Waals surface area contributed by atoms with E-state index in [-0.39, 0.29) is 12.5 Å². The first kappa shape index (κ1) is 14.5. The first-order chi connectivity index (χ1) is 8.69. The van der Waals surface area contributed by atoms with Crippen LogP contribution < -0.4 is 15.8 Å². The van der Waals surface area contributed by atoms with Crippen LogP contribution in [0.15, 0.2) is 24.3 Å². The molecule has 0 bridgehead atoms. The maximum Gasteiger partial charge on any atom is 0.238 e. The van der Waals surface area contributed by atoms with Crippen LogP contribution in [0.1, 0.15) is 25.8 Å². The summed E-state index contributed by atoms with van der Waals surface area (Å²) in [4.78, 5) is 11.3. The number of hydrogen-bond acceptors (Lipinski definition) is 3. The summed E-state index contributed by atoms with van der Waals surface area (Å²) in [5.74, 6) is 0.446. The van der Waals surface area contributed by atoms with E-state index in [4.69, 9.17) is 10.5 Å². The fourth-order valence-corrected chi connectivity index (χ4v) is 1.67. The number of rotatable bonds is 8. The number of para-hydroxylation sites is 1.